The Labute approximate surface area is 129 Å². The van der Waals surface area contributed by atoms with Crippen molar-refractivity contribution in [2.45, 2.75) is 19.5 Å². The zero-order valence-corrected chi connectivity index (χ0v) is 13.7. The minimum atomic E-state index is 0.314. The Morgan fingerprint density at radius 2 is 2.15 bits per heavy atom. The smallest absolute Gasteiger partial charge is 0.0441 e. The predicted molar refractivity (Wildman–Crippen MR) is 88.0 cm³/mol. The van der Waals surface area contributed by atoms with Gasteiger partial charge in [-0.1, -0.05) is 28.1 Å². The summed E-state index contributed by atoms with van der Waals surface area (Å²) in [6.07, 6.45) is 3.72. The quantitative estimate of drug-likeness (QED) is 0.902. The van der Waals surface area contributed by atoms with Gasteiger partial charge in [-0.3, -0.25) is 4.98 Å². The van der Waals surface area contributed by atoms with Crippen LogP contribution in [0.5, 0.6) is 0 Å². The van der Waals surface area contributed by atoms with E-state index in [0.717, 1.165) is 11.0 Å². The molecular formula is C16H20BrN3. The van der Waals surface area contributed by atoms with E-state index in [1.807, 2.05) is 19.3 Å². The molecule has 106 valence electrons. The summed E-state index contributed by atoms with van der Waals surface area (Å²) in [5.74, 6) is 0. The third-order valence-electron chi connectivity index (χ3n) is 3.45. The fourth-order valence-electron chi connectivity index (χ4n) is 2.22. The van der Waals surface area contributed by atoms with Gasteiger partial charge in [-0.15, -0.1) is 0 Å². The van der Waals surface area contributed by atoms with Crippen molar-refractivity contribution < 1.29 is 0 Å². The molecule has 3 nitrogen and oxygen atoms in total. The van der Waals surface area contributed by atoms with Gasteiger partial charge in [0.25, 0.3) is 0 Å². The molecule has 20 heavy (non-hydrogen) atoms. The maximum atomic E-state index is 4.17. The molecule has 1 N–H and O–H groups in total. The molecule has 1 heterocycles. The minimum absolute atomic E-state index is 0.314. The first-order valence-corrected chi connectivity index (χ1v) is 7.48. The molecule has 1 unspecified atom stereocenters. The summed E-state index contributed by atoms with van der Waals surface area (Å²) in [6.45, 7) is 3.01. The molecule has 0 aliphatic carbocycles. The molecular weight excluding hydrogens is 314 g/mol. The summed E-state index contributed by atoms with van der Waals surface area (Å²) in [5, 5.41) is 3.31. The van der Waals surface area contributed by atoms with Crippen LogP contribution in [0.4, 0.5) is 5.69 Å². The molecule has 0 saturated carbocycles. The molecule has 0 amide bonds. The van der Waals surface area contributed by atoms with Gasteiger partial charge in [0.2, 0.25) is 0 Å². The van der Waals surface area contributed by atoms with E-state index in [4.69, 9.17) is 0 Å². The van der Waals surface area contributed by atoms with E-state index in [-0.39, 0.29) is 0 Å². The highest BCUT2D eigenvalue weighted by Gasteiger charge is 2.13. The van der Waals surface area contributed by atoms with Crippen molar-refractivity contribution in [3.63, 3.8) is 0 Å². The number of benzene rings is 1. The first kappa shape index (κ1) is 15.0. The summed E-state index contributed by atoms with van der Waals surface area (Å²) in [7, 11) is 4.10. The monoisotopic (exact) mass is 333 g/mol. The lowest BCUT2D eigenvalue weighted by Gasteiger charge is -2.25. The Balaban J connectivity index is 2.28. The summed E-state index contributed by atoms with van der Waals surface area (Å²) in [6, 6.07) is 10.8. The lowest BCUT2D eigenvalue weighted by Crippen LogP contribution is -2.21. The fraction of sp³-hybridized carbons (Fsp3) is 0.312. The first-order chi connectivity index (χ1) is 9.61. The number of anilines is 1. The number of aromatic nitrogens is 1. The van der Waals surface area contributed by atoms with Crippen molar-refractivity contribution in [1.82, 2.24) is 10.3 Å². The van der Waals surface area contributed by atoms with Gasteiger partial charge in [0, 0.05) is 42.2 Å². The molecule has 0 spiro atoms. The van der Waals surface area contributed by atoms with E-state index in [9.17, 15) is 0 Å². The van der Waals surface area contributed by atoms with Crippen molar-refractivity contribution in [3.8, 4) is 0 Å². The normalized spacial score (nSPS) is 12.2. The van der Waals surface area contributed by atoms with Crippen LogP contribution >= 0.6 is 15.9 Å². The number of pyridine rings is 1. The fourth-order valence-corrected chi connectivity index (χ4v) is 2.57. The highest BCUT2D eigenvalue weighted by molar-refractivity contribution is 9.10. The van der Waals surface area contributed by atoms with Crippen LogP contribution in [0.2, 0.25) is 0 Å². The molecule has 1 aromatic carbocycles. The van der Waals surface area contributed by atoms with Crippen molar-refractivity contribution in [1.29, 1.82) is 0 Å². The molecule has 0 bridgehead atoms. The minimum Gasteiger partial charge on any atom is -0.370 e. The van der Waals surface area contributed by atoms with Crippen molar-refractivity contribution in [3.05, 3.63) is 58.3 Å². The lowest BCUT2D eigenvalue weighted by atomic mass is 10.1. The molecule has 4 heteroatoms. The topological polar surface area (TPSA) is 28.2 Å². The maximum Gasteiger partial charge on any atom is 0.0441 e. The van der Waals surface area contributed by atoms with Crippen LogP contribution in [0.25, 0.3) is 0 Å². The second kappa shape index (κ2) is 6.86. The van der Waals surface area contributed by atoms with E-state index in [1.54, 1.807) is 6.20 Å². The Kier molecular flexibility index (Phi) is 5.15. The Morgan fingerprint density at radius 1 is 1.35 bits per heavy atom. The van der Waals surface area contributed by atoms with Gasteiger partial charge in [-0.2, -0.15) is 0 Å². The molecule has 0 aliphatic heterocycles. The molecule has 2 rings (SSSR count). The van der Waals surface area contributed by atoms with Crippen LogP contribution < -0.4 is 10.2 Å². The van der Waals surface area contributed by atoms with Gasteiger partial charge in [0.15, 0.2) is 0 Å². The number of rotatable bonds is 5. The zero-order chi connectivity index (χ0) is 14.5. The lowest BCUT2D eigenvalue weighted by molar-refractivity contribution is 0.649. The Hall–Kier alpha value is -1.39. The third-order valence-corrected chi connectivity index (χ3v) is 3.94. The average molecular weight is 334 g/mol. The largest absolute Gasteiger partial charge is 0.370 e. The summed E-state index contributed by atoms with van der Waals surface area (Å²) < 4.78 is 1.09. The van der Waals surface area contributed by atoms with Gasteiger partial charge in [0.05, 0.1) is 0 Å². The molecule has 2 aromatic rings. The van der Waals surface area contributed by atoms with Crippen LogP contribution in [0, 0.1) is 0 Å². The second-order valence-electron chi connectivity index (χ2n) is 4.93. The Morgan fingerprint density at radius 3 is 2.80 bits per heavy atom. The van der Waals surface area contributed by atoms with E-state index in [0.29, 0.717) is 6.04 Å². The summed E-state index contributed by atoms with van der Waals surface area (Å²) in [4.78, 5) is 6.43. The average Bonchev–Trinajstić information content (AvgIpc) is 2.47. The number of halogens is 1. The van der Waals surface area contributed by atoms with Gasteiger partial charge in [-0.05, 0) is 43.3 Å². The van der Waals surface area contributed by atoms with E-state index in [2.05, 4.69) is 69.4 Å². The van der Waals surface area contributed by atoms with Gasteiger partial charge in [-0.25, -0.2) is 0 Å². The molecule has 0 saturated heterocycles. The second-order valence-corrected chi connectivity index (χ2v) is 5.85. The van der Waals surface area contributed by atoms with Crippen molar-refractivity contribution >= 4 is 21.6 Å². The van der Waals surface area contributed by atoms with Crippen LogP contribution in [-0.4, -0.2) is 19.1 Å². The standard InChI is InChI=1S/C16H20BrN3/c1-12(18-2)15-7-6-14(17)9-16(15)20(3)11-13-5-4-8-19-10-13/h4-10,12,18H,11H2,1-3H3. The third kappa shape index (κ3) is 3.58. The number of hydrogen-bond acceptors (Lipinski definition) is 3. The zero-order valence-electron chi connectivity index (χ0n) is 12.1. The first-order valence-electron chi connectivity index (χ1n) is 6.68. The highest BCUT2D eigenvalue weighted by Crippen LogP contribution is 2.29. The van der Waals surface area contributed by atoms with Gasteiger partial charge < -0.3 is 10.2 Å². The summed E-state index contributed by atoms with van der Waals surface area (Å²) in [5.41, 5.74) is 3.73. The van der Waals surface area contributed by atoms with Crippen LogP contribution in [0.15, 0.2) is 47.2 Å². The molecule has 1 atom stereocenters. The summed E-state index contributed by atoms with van der Waals surface area (Å²) >= 11 is 3.56. The molecule has 1 aromatic heterocycles. The van der Waals surface area contributed by atoms with Gasteiger partial charge in [0.1, 0.15) is 0 Å². The highest BCUT2D eigenvalue weighted by atomic mass is 79.9. The van der Waals surface area contributed by atoms with Crippen molar-refractivity contribution in [2.24, 2.45) is 0 Å². The molecule has 0 fully saturated rings. The number of hydrogen-bond donors (Lipinski definition) is 1. The van der Waals surface area contributed by atoms with Crippen molar-refractivity contribution in [2.75, 3.05) is 19.0 Å². The maximum absolute atomic E-state index is 4.17. The van der Waals surface area contributed by atoms with Crippen LogP contribution in [0.3, 0.4) is 0 Å². The van der Waals surface area contributed by atoms with Crippen LogP contribution in [-0.2, 0) is 6.54 Å². The number of nitrogens with one attached hydrogen (secondary N) is 1. The van der Waals surface area contributed by atoms with Gasteiger partial charge >= 0.3 is 0 Å². The Bertz CT molecular complexity index is 557. The predicted octanol–water partition coefficient (Wildman–Crippen LogP) is 3.76. The van der Waals surface area contributed by atoms with E-state index >= 15 is 0 Å². The van der Waals surface area contributed by atoms with E-state index in [1.165, 1.54) is 16.8 Å². The van der Waals surface area contributed by atoms with Crippen LogP contribution in [0.1, 0.15) is 24.1 Å². The molecule has 0 radical (unpaired) electrons. The molecule has 0 aliphatic rings. The van der Waals surface area contributed by atoms with E-state index < -0.39 is 0 Å². The number of nitrogens with zero attached hydrogens (tertiary/aromatic N) is 2. The SMILES string of the molecule is CNC(C)c1ccc(Br)cc1N(C)Cc1cccnc1.